The maximum Gasteiger partial charge on any atom is 0.269 e. The Labute approximate surface area is 156 Å². The highest BCUT2D eigenvalue weighted by Crippen LogP contribution is 2.23. The van der Waals surface area contributed by atoms with Gasteiger partial charge in [-0.1, -0.05) is 17.8 Å². The van der Waals surface area contributed by atoms with E-state index in [0.717, 1.165) is 4.88 Å². The van der Waals surface area contributed by atoms with E-state index in [1.54, 1.807) is 22.9 Å². The number of amides is 1. The zero-order valence-corrected chi connectivity index (χ0v) is 15.2. The number of tetrazole rings is 1. The van der Waals surface area contributed by atoms with Crippen LogP contribution in [0.5, 0.6) is 0 Å². The second-order valence-corrected chi connectivity index (χ2v) is 7.59. The first-order valence-electron chi connectivity index (χ1n) is 7.53. The van der Waals surface area contributed by atoms with Crippen molar-refractivity contribution in [1.82, 2.24) is 20.2 Å². The van der Waals surface area contributed by atoms with Crippen LogP contribution in [0.1, 0.15) is 11.8 Å². The molecule has 1 aromatic carbocycles. The molecule has 0 aliphatic heterocycles. The molecule has 0 aliphatic rings. The molecule has 11 heteroatoms. The number of thioether (sulfide) groups is 1. The fraction of sp³-hybridized carbons (Fsp3) is 0.200. The van der Waals surface area contributed by atoms with Gasteiger partial charge in [-0.2, -0.15) is 0 Å². The number of thiophene rings is 1. The molecule has 26 heavy (non-hydrogen) atoms. The molecule has 0 radical (unpaired) electrons. The van der Waals surface area contributed by atoms with Crippen molar-refractivity contribution in [3.05, 3.63) is 56.8 Å². The summed E-state index contributed by atoms with van der Waals surface area (Å²) in [7, 11) is 0. The van der Waals surface area contributed by atoms with E-state index in [0.29, 0.717) is 17.4 Å². The fourth-order valence-electron chi connectivity index (χ4n) is 2.05. The average Bonchev–Trinajstić information content (AvgIpc) is 3.28. The molecule has 0 saturated heterocycles. The van der Waals surface area contributed by atoms with Gasteiger partial charge in [0, 0.05) is 22.7 Å². The van der Waals surface area contributed by atoms with Gasteiger partial charge in [-0.15, -0.1) is 16.4 Å². The number of hydrogen-bond acceptors (Lipinski definition) is 8. The third kappa shape index (κ3) is 4.43. The smallest absolute Gasteiger partial charge is 0.269 e. The maximum absolute atomic E-state index is 12.3. The van der Waals surface area contributed by atoms with Crippen LogP contribution in [0.3, 0.4) is 0 Å². The van der Waals surface area contributed by atoms with Gasteiger partial charge in [0.2, 0.25) is 11.1 Å². The lowest BCUT2D eigenvalue weighted by Gasteiger charge is -2.11. The molecule has 2 aromatic heterocycles. The second-order valence-electron chi connectivity index (χ2n) is 5.25. The number of carbonyl (C=O) groups excluding carboxylic acids is 1. The number of nitrogens with zero attached hydrogens (tertiary/aromatic N) is 5. The number of rotatable bonds is 7. The quantitative estimate of drug-likeness (QED) is 0.374. The summed E-state index contributed by atoms with van der Waals surface area (Å²) in [5, 5.41) is 27.1. The van der Waals surface area contributed by atoms with Crippen molar-refractivity contribution in [1.29, 1.82) is 0 Å². The Kier molecular flexibility index (Phi) is 5.58. The van der Waals surface area contributed by atoms with Crippen molar-refractivity contribution in [3.63, 3.8) is 0 Å². The van der Waals surface area contributed by atoms with Gasteiger partial charge in [0.05, 0.1) is 16.7 Å². The molecule has 134 valence electrons. The Balaban J connectivity index is 1.61. The summed E-state index contributed by atoms with van der Waals surface area (Å²) in [5.41, 5.74) is 0.462. The van der Waals surface area contributed by atoms with Crippen LogP contribution in [0.15, 0.2) is 46.9 Å². The number of carbonyl (C=O) groups is 1. The lowest BCUT2D eigenvalue weighted by Crippen LogP contribution is -2.23. The van der Waals surface area contributed by atoms with Crippen LogP contribution in [0.2, 0.25) is 0 Å². The van der Waals surface area contributed by atoms with E-state index in [2.05, 4.69) is 20.8 Å². The van der Waals surface area contributed by atoms with Crippen LogP contribution in [-0.2, 0) is 11.3 Å². The predicted octanol–water partition coefficient (Wildman–Crippen LogP) is 2.81. The number of non-ortho nitro benzene ring substituents is 1. The SMILES string of the molecule is CC(Sc1nnnn1Cc1cccs1)C(=O)Nc1ccc([N+](=O)[O-])cc1. The summed E-state index contributed by atoms with van der Waals surface area (Å²) >= 11 is 2.85. The summed E-state index contributed by atoms with van der Waals surface area (Å²) in [6, 6.07) is 9.62. The highest BCUT2D eigenvalue weighted by atomic mass is 32.2. The molecule has 3 aromatic rings. The largest absolute Gasteiger partial charge is 0.325 e. The zero-order valence-electron chi connectivity index (χ0n) is 13.6. The third-order valence-corrected chi connectivity index (χ3v) is 5.31. The number of hydrogen-bond donors (Lipinski definition) is 1. The van der Waals surface area contributed by atoms with Gasteiger partial charge in [0.25, 0.3) is 5.69 Å². The van der Waals surface area contributed by atoms with Gasteiger partial charge in [-0.25, -0.2) is 4.68 Å². The minimum Gasteiger partial charge on any atom is -0.325 e. The molecule has 0 aliphatic carbocycles. The highest BCUT2D eigenvalue weighted by Gasteiger charge is 2.19. The van der Waals surface area contributed by atoms with Gasteiger partial charge in [0.1, 0.15) is 0 Å². The van der Waals surface area contributed by atoms with E-state index in [4.69, 9.17) is 0 Å². The Morgan fingerprint density at radius 3 is 2.81 bits per heavy atom. The molecule has 0 spiro atoms. The van der Waals surface area contributed by atoms with Crippen LogP contribution in [0.4, 0.5) is 11.4 Å². The molecular formula is C15H14N6O3S2. The summed E-state index contributed by atoms with van der Waals surface area (Å²) in [5.74, 6) is -0.241. The molecule has 9 nitrogen and oxygen atoms in total. The third-order valence-electron chi connectivity index (χ3n) is 3.38. The van der Waals surface area contributed by atoms with E-state index < -0.39 is 10.2 Å². The van der Waals surface area contributed by atoms with Crippen molar-refractivity contribution in [3.8, 4) is 0 Å². The van der Waals surface area contributed by atoms with Crippen molar-refractivity contribution >= 4 is 40.4 Å². The number of nitrogens with one attached hydrogen (secondary N) is 1. The van der Waals surface area contributed by atoms with E-state index in [1.807, 2.05) is 17.5 Å². The molecule has 3 rings (SSSR count). The lowest BCUT2D eigenvalue weighted by molar-refractivity contribution is -0.384. The second kappa shape index (κ2) is 8.06. The van der Waals surface area contributed by atoms with Crippen molar-refractivity contribution in [2.45, 2.75) is 23.9 Å². The Bertz CT molecular complexity index is 895. The van der Waals surface area contributed by atoms with Crippen molar-refractivity contribution < 1.29 is 9.72 Å². The highest BCUT2D eigenvalue weighted by molar-refractivity contribution is 8.00. The van der Waals surface area contributed by atoms with Gasteiger partial charge in [0.15, 0.2) is 0 Å². The number of nitro benzene ring substituents is 1. The molecule has 1 N–H and O–H groups in total. The Morgan fingerprint density at radius 1 is 1.38 bits per heavy atom. The molecular weight excluding hydrogens is 376 g/mol. The number of nitro groups is 1. The molecule has 0 fully saturated rings. The van der Waals surface area contributed by atoms with Crippen LogP contribution < -0.4 is 5.32 Å². The van der Waals surface area contributed by atoms with E-state index >= 15 is 0 Å². The number of benzene rings is 1. The minimum atomic E-state index is -0.489. The van der Waals surface area contributed by atoms with Gasteiger partial charge >= 0.3 is 0 Å². The minimum absolute atomic E-state index is 0.0295. The van der Waals surface area contributed by atoms with E-state index in [-0.39, 0.29) is 11.6 Å². The first-order valence-corrected chi connectivity index (χ1v) is 9.29. The first-order chi connectivity index (χ1) is 12.5. The number of anilines is 1. The summed E-state index contributed by atoms with van der Waals surface area (Å²) in [4.78, 5) is 23.6. The van der Waals surface area contributed by atoms with Crippen LogP contribution in [0, 0.1) is 10.1 Å². The van der Waals surface area contributed by atoms with E-state index in [9.17, 15) is 14.9 Å². The zero-order chi connectivity index (χ0) is 18.5. The van der Waals surface area contributed by atoms with Gasteiger partial charge < -0.3 is 5.32 Å². The first kappa shape index (κ1) is 18.0. The van der Waals surface area contributed by atoms with Crippen LogP contribution in [0.25, 0.3) is 0 Å². The topological polar surface area (TPSA) is 116 Å². The maximum atomic E-state index is 12.3. The molecule has 0 saturated carbocycles. The molecule has 1 unspecified atom stereocenters. The predicted molar refractivity (Wildman–Crippen MR) is 98.3 cm³/mol. The Morgan fingerprint density at radius 2 is 2.15 bits per heavy atom. The number of aromatic nitrogens is 4. The summed E-state index contributed by atoms with van der Waals surface area (Å²) in [6.45, 7) is 2.29. The van der Waals surface area contributed by atoms with Crippen LogP contribution in [-0.4, -0.2) is 36.3 Å². The standard InChI is InChI=1S/C15H14N6O3S2/c1-10(14(22)16-11-4-6-12(7-5-11)21(23)24)26-15-17-18-19-20(15)9-13-3-2-8-25-13/h2-8,10H,9H2,1H3,(H,16,22). The monoisotopic (exact) mass is 390 g/mol. The van der Waals surface area contributed by atoms with Gasteiger partial charge in [-0.3, -0.25) is 14.9 Å². The normalized spacial score (nSPS) is 11.9. The molecule has 0 bridgehead atoms. The molecule has 1 amide bonds. The molecule has 2 heterocycles. The average molecular weight is 390 g/mol. The fourth-order valence-corrected chi connectivity index (χ4v) is 3.53. The van der Waals surface area contributed by atoms with Gasteiger partial charge in [-0.05, 0) is 40.9 Å². The van der Waals surface area contributed by atoms with Crippen molar-refractivity contribution in [2.24, 2.45) is 0 Å². The lowest BCUT2D eigenvalue weighted by atomic mass is 10.3. The summed E-state index contributed by atoms with van der Waals surface area (Å²) < 4.78 is 1.64. The molecule has 1 atom stereocenters. The Hall–Kier alpha value is -2.79. The van der Waals surface area contributed by atoms with E-state index in [1.165, 1.54) is 36.0 Å². The van der Waals surface area contributed by atoms with Crippen LogP contribution >= 0.6 is 23.1 Å². The van der Waals surface area contributed by atoms with Crippen molar-refractivity contribution in [2.75, 3.05) is 5.32 Å². The summed E-state index contributed by atoms with van der Waals surface area (Å²) in [6.07, 6.45) is 0.